The number of hydrogen-bond acceptors (Lipinski definition) is 5. The van der Waals surface area contributed by atoms with Crippen molar-refractivity contribution < 1.29 is 18.5 Å². The highest BCUT2D eigenvalue weighted by Gasteiger charge is 2.45. The number of carbonyl (C=O) groups is 2. The molecule has 0 saturated carbocycles. The molecule has 1 aliphatic heterocycles. The van der Waals surface area contributed by atoms with E-state index in [2.05, 4.69) is 4.99 Å². The zero-order valence-electron chi connectivity index (χ0n) is 12.1. The Morgan fingerprint density at radius 1 is 1.04 bits per heavy atom. The summed E-state index contributed by atoms with van der Waals surface area (Å²) in [5.74, 6) is -1.21. The lowest BCUT2D eigenvalue weighted by Gasteiger charge is -2.05. The molecular weight excluding hydrogens is 314 g/mol. The lowest BCUT2D eigenvalue weighted by molar-refractivity contribution is 0.0885. The van der Waals surface area contributed by atoms with Gasteiger partial charge in [-0.05, 0) is 18.2 Å². The van der Waals surface area contributed by atoms with Gasteiger partial charge >= 0.3 is 0 Å². The van der Waals surface area contributed by atoms with Crippen LogP contribution < -0.4 is 4.74 Å². The number of nitrogens with zero attached hydrogens (tertiary/aromatic N) is 1. The van der Waals surface area contributed by atoms with Crippen LogP contribution in [0.5, 0.6) is 5.75 Å². The van der Waals surface area contributed by atoms with E-state index in [0.717, 1.165) is 0 Å². The number of ether oxygens (including phenoxy) is 1. The van der Waals surface area contributed by atoms with E-state index in [0.29, 0.717) is 27.5 Å². The Kier molecular flexibility index (Phi) is 3.02. The van der Waals surface area contributed by atoms with Crippen LogP contribution in [0.2, 0.25) is 0 Å². The van der Waals surface area contributed by atoms with Gasteiger partial charge in [0.25, 0.3) is 0 Å². The monoisotopic (exact) mass is 325 g/mol. The molecule has 0 aromatic heterocycles. The summed E-state index contributed by atoms with van der Waals surface area (Å²) in [6.45, 7) is 0. The largest absolute Gasteiger partial charge is 0.497 e. The van der Waals surface area contributed by atoms with E-state index in [1.54, 1.807) is 42.5 Å². The number of rotatable bonds is 2. The number of aliphatic imine (C=N–C) groups is 1. The SMILES string of the molecule is COc1ccc2c(c1)S(=O)C(C1C(=O)c3ccccc3C1=O)=N2. The topological polar surface area (TPSA) is 72.8 Å². The minimum Gasteiger partial charge on any atom is -0.497 e. The molecule has 2 aliphatic rings. The van der Waals surface area contributed by atoms with Gasteiger partial charge in [-0.15, -0.1) is 0 Å². The van der Waals surface area contributed by atoms with Crippen LogP contribution in [0.1, 0.15) is 20.7 Å². The number of hydrogen-bond donors (Lipinski definition) is 0. The molecule has 1 aliphatic carbocycles. The summed E-state index contributed by atoms with van der Waals surface area (Å²) >= 11 is 0. The summed E-state index contributed by atoms with van der Waals surface area (Å²) in [4.78, 5) is 29.9. The van der Waals surface area contributed by atoms with Gasteiger partial charge in [0, 0.05) is 11.1 Å². The third-order valence-corrected chi connectivity index (χ3v) is 5.45. The van der Waals surface area contributed by atoms with Crippen molar-refractivity contribution in [3.63, 3.8) is 0 Å². The van der Waals surface area contributed by atoms with Crippen molar-refractivity contribution in [2.75, 3.05) is 7.11 Å². The van der Waals surface area contributed by atoms with Crippen LogP contribution in [0.25, 0.3) is 0 Å². The first-order chi connectivity index (χ1) is 11.1. The second-order valence-corrected chi connectivity index (χ2v) is 6.66. The fourth-order valence-electron chi connectivity index (χ4n) is 2.87. The summed E-state index contributed by atoms with van der Waals surface area (Å²) in [6.07, 6.45) is 0. The molecule has 1 unspecified atom stereocenters. The maximum absolute atomic E-state index is 12.7. The molecule has 0 radical (unpaired) electrons. The Hall–Kier alpha value is -2.60. The van der Waals surface area contributed by atoms with E-state index in [-0.39, 0.29) is 16.6 Å². The molecule has 1 heterocycles. The number of carbonyl (C=O) groups excluding carboxylic acids is 2. The summed E-state index contributed by atoms with van der Waals surface area (Å²) in [5.41, 5.74) is 1.25. The van der Waals surface area contributed by atoms with Crippen LogP contribution in [0, 0.1) is 5.92 Å². The molecule has 0 spiro atoms. The Labute approximate surface area is 134 Å². The first kappa shape index (κ1) is 14.0. The van der Waals surface area contributed by atoms with Gasteiger partial charge in [0.2, 0.25) is 0 Å². The fourth-order valence-corrected chi connectivity index (χ4v) is 4.24. The predicted octanol–water partition coefficient (Wildman–Crippen LogP) is 2.54. The fraction of sp³-hybridized carbons (Fsp3) is 0.118. The molecular formula is C17H11NO4S. The highest BCUT2D eigenvalue weighted by atomic mass is 32.2. The highest BCUT2D eigenvalue weighted by Crippen LogP contribution is 2.38. The molecule has 0 bridgehead atoms. The van der Waals surface area contributed by atoms with Crippen LogP contribution in [-0.2, 0) is 10.8 Å². The van der Waals surface area contributed by atoms with Crippen molar-refractivity contribution in [2.24, 2.45) is 10.9 Å². The minimum atomic E-state index is -1.64. The molecule has 2 aromatic carbocycles. The van der Waals surface area contributed by atoms with Gasteiger partial charge in [-0.1, -0.05) is 24.3 Å². The first-order valence-corrected chi connectivity index (χ1v) is 8.12. The van der Waals surface area contributed by atoms with E-state index in [9.17, 15) is 13.8 Å². The average Bonchev–Trinajstić information content (AvgIpc) is 3.03. The van der Waals surface area contributed by atoms with Crippen molar-refractivity contribution in [2.45, 2.75) is 4.90 Å². The van der Waals surface area contributed by atoms with Crippen LogP contribution in [0.3, 0.4) is 0 Å². The normalized spacial score (nSPS) is 19.5. The van der Waals surface area contributed by atoms with Gasteiger partial charge in [0.15, 0.2) is 11.6 Å². The summed E-state index contributed by atoms with van der Waals surface area (Å²) in [6, 6.07) is 11.7. The van der Waals surface area contributed by atoms with Gasteiger partial charge in [-0.25, -0.2) is 9.20 Å². The molecule has 0 amide bonds. The van der Waals surface area contributed by atoms with E-state index < -0.39 is 16.7 Å². The van der Waals surface area contributed by atoms with Crippen LogP contribution >= 0.6 is 0 Å². The molecule has 4 rings (SSSR count). The third kappa shape index (κ3) is 1.91. The average molecular weight is 325 g/mol. The molecule has 2 aromatic rings. The molecule has 114 valence electrons. The first-order valence-electron chi connectivity index (χ1n) is 6.97. The van der Waals surface area contributed by atoms with Crippen LogP contribution in [0.4, 0.5) is 5.69 Å². The van der Waals surface area contributed by atoms with E-state index in [4.69, 9.17) is 4.74 Å². The standard InChI is InChI=1S/C17H11NO4S/c1-22-9-6-7-12-13(8-9)23(21)17(18-12)14-15(19)10-4-2-3-5-11(10)16(14)20/h2-8,14H,1H3. The quantitative estimate of drug-likeness (QED) is 0.795. The van der Waals surface area contributed by atoms with E-state index in [1.165, 1.54) is 7.11 Å². The lowest BCUT2D eigenvalue weighted by atomic mass is 10.1. The summed E-state index contributed by atoms with van der Waals surface area (Å²) in [7, 11) is -0.123. The Bertz CT molecular complexity index is 897. The smallest absolute Gasteiger partial charge is 0.181 e. The maximum Gasteiger partial charge on any atom is 0.181 e. The van der Waals surface area contributed by atoms with Crippen molar-refractivity contribution in [3.8, 4) is 5.75 Å². The van der Waals surface area contributed by atoms with Crippen molar-refractivity contribution in [1.82, 2.24) is 0 Å². The second kappa shape index (κ2) is 4.96. The zero-order valence-corrected chi connectivity index (χ0v) is 12.9. The number of benzene rings is 2. The van der Waals surface area contributed by atoms with Gasteiger partial charge in [0.05, 0.1) is 17.7 Å². The molecule has 0 fully saturated rings. The Morgan fingerprint density at radius 3 is 2.30 bits per heavy atom. The predicted molar refractivity (Wildman–Crippen MR) is 85.1 cm³/mol. The molecule has 23 heavy (non-hydrogen) atoms. The summed E-state index contributed by atoms with van der Waals surface area (Å²) < 4.78 is 17.8. The lowest BCUT2D eigenvalue weighted by Crippen LogP contribution is -2.27. The van der Waals surface area contributed by atoms with Gasteiger partial charge < -0.3 is 4.74 Å². The molecule has 5 nitrogen and oxygen atoms in total. The molecule has 1 atom stereocenters. The molecule has 6 heteroatoms. The van der Waals surface area contributed by atoms with Crippen molar-refractivity contribution in [1.29, 1.82) is 0 Å². The number of ketones is 2. The minimum absolute atomic E-state index is 0.111. The summed E-state index contributed by atoms with van der Waals surface area (Å²) in [5, 5.41) is 0.111. The van der Waals surface area contributed by atoms with E-state index in [1.807, 2.05) is 0 Å². The highest BCUT2D eigenvalue weighted by molar-refractivity contribution is 8.01. The number of methoxy groups -OCH3 is 1. The third-order valence-electron chi connectivity index (χ3n) is 4.02. The van der Waals surface area contributed by atoms with Crippen LogP contribution in [0.15, 0.2) is 52.4 Å². The Balaban J connectivity index is 1.78. The van der Waals surface area contributed by atoms with Crippen molar-refractivity contribution >= 4 is 33.1 Å². The second-order valence-electron chi connectivity index (χ2n) is 5.26. The Morgan fingerprint density at radius 2 is 1.70 bits per heavy atom. The zero-order chi connectivity index (χ0) is 16.1. The van der Waals surface area contributed by atoms with Gasteiger partial charge in [-0.3, -0.25) is 9.59 Å². The van der Waals surface area contributed by atoms with Crippen molar-refractivity contribution in [3.05, 3.63) is 53.6 Å². The molecule has 0 saturated heterocycles. The van der Waals surface area contributed by atoms with E-state index >= 15 is 0 Å². The van der Waals surface area contributed by atoms with Gasteiger partial charge in [0.1, 0.15) is 27.5 Å². The number of Topliss-reactive ketones (excluding diaryl/α,β-unsaturated/α-hetero) is 2. The van der Waals surface area contributed by atoms with Gasteiger partial charge in [-0.2, -0.15) is 0 Å². The molecule has 0 N–H and O–H groups in total. The van der Waals surface area contributed by atoms with Crippen LogP contribution in [-0.4, -0.2) is 27.9 Å². The number of fused-ring (bicyclic) bond motifs is 2. The maximum atomic E-state index is 12.7.